The maximum absolute atomic E-state index is 12.7. The molecule has 0 spiro atoms. The maximum Gasteiger partial charge on any atom is 0.245 e. The van der Waals surface area contributed by atoms with E-state index < -0.39 is 0 Å². The number of carbonyl (C=O) groups is 2. The Bertz CT molecular complexity index is 386. The fourth-order valence-electron chi connectivity index (χ4n) is 3.39. The molecule has 2 aliphatic rings. The van der Waals surface area contributed by atoms with Crippen molar-refractivity contribution in [3.05, 3.63) is 0 Å². The molecular weight excluding hydrogens is 266 g/mol. The Morgan fingerprint density at radius 2 is 2.10 bits per heavy atom. The molecule has 2 rings (SSSR count). The van der Waals surface area contributed by atoms with Crippen LogP contribution in [0.25, 0.3) is 0 Å². The molecule has 2 aliphatic heterocycles. The molecule has 0 saturated carbocycles. The minimum Gasteiger partial charge on any atom is -0.344 e. The first-order valence-electron chi connectivity index (χ1n) is 8.28. The molecule has 2 saturated heterocycles. The number of nitrogens with zero attached hydrogens (tertiary/aromatic N) is 2. The van der Waals surface area contributed by atoms with E-state index in [0.29, 0.717) is 18.9 Å². The largest absolute Gasteiger partial charge is 0.344 e. The number of nitrogens with one attached hydrogen (secondary N) is 1. The predicted molar refractivity (Wildman–Crippen MR) is 82.8 cm³/mol. The molecule has 2 fully saturated rings. The molecule has 5 heteroatoms. The van der Waals surface area contributed by atoms with E-state index in [-0.39, 0.29) is 23.8 Å². The van der Waals surface area contributed by atoms with Crippen LogP contribution in [-0.4, -0.2) is 60.9 Å². The van der Waals surface area contributed by atoms with E-state index in [0.717, 1.165) is 26.1 Å². The zero-order valence-electron chi connectivity index (χ0n) is 13.6. The molecule has 0 aromatic rings. The van der Waals surface area contributed by atoms with E-state index in [9.17, 15) is 9.59 Å². The fraction of sp³-hybridized carbons (Fsp3) is 0.875. The molecule has 0 aliphatic carbocycles. The molecule has 0 aromatic heterocycles. The third-order valence-electron chi connectivity index (χ3n) is 4.92. The molecule has 2 heterocycles. The zero-order chi connectivity index (χ0) is 15.4. The summed E-state index contributed by atoms with van der Waals surface area (Å²) < 4.78 is 0. The summed E-state index contributed by atoms with van der Waals surface area (Å²) in [7, 11) is 2.14. The van der Waals surface area contributed by atoms with E-state index in [1.54, 1.807) is 0 Å². The second kappa shape index (κ2) is 7.25. The molecule has 120 valence electrons. The molecule has 21 heavy (non-hydrogen) atoms. The number of rotatable bonds is 4. The number of hydrogen-bond donors (Lipinski definition) is 1. The second-order valence-electron chi connectivity index (χ2n) is 6.74. The van der Waals surface area contributed by atoms with Gasteiger partial charge in [0.05, 0.1) is 0 Å². The summed E-state index contributed by atoms with van der Waals surface area (Å²) in [5.74, 6) is 0.856. The average Bonchev–Trinajstić information content (AvgIpc) is 2.60. The number of likely N-dealkylation sites (tertiary alicyclic amines) is 1. The van der Waals surface area contributed by atoms with Gasteiger partial charge in [-0.05, 0) is 38.3 Å². The minimum atomic E-state index is -0.341. The normalized spacial score (nSPS) is 30.0. The van der Waals surface area contributed by atoms with Crippen molar-refractivity contribution in [3.63, 3.8) is 0 Å². The van der Waals surface area contributed by atoms with Gasteiger partial charge in [0, 0.05) is 26.1 Å². The Hall–Kier alpha value is -1.10. The summed E-state index contributed by atoms with van der Waals surface area (Å²) in [5.41, 5.74) is 0. The van der Waals surface area contributed by atoms with Crippen LogP contribution in [0.3, 0.4) is 0 Å². The van der Waals surface area contributed by atoms with E-state index in [1.165, 1.54) is 12.8 Å². The van der Waals surface area contributed by atoms with Crippen molar-refractivity contribution in [2.75, 3.05) is 33.2 Å². The van der Waals surface area contributed by atoms with Crippen LogP contribution in [0.15, 0.2) is 0 Å². The summed E-state index contributed by atoms with van der Waals surface area (Å²) in [4.78, 5) is 28.9. The van der Waals surface area contributed by atoms with Gasteiger partial charge in [-0.3, -0.25) is 9.59 Å². The smallest absolute Gasteiger partial charge is 0.245 e. The highest BCUT2D eigenvalue weighted by atomic mass is 16.2. The van der Waals surface area contributed by atoms with Gasteiger partial charge in [0.15, 0.2) is 0 Å². The molecule has 1 N–H and O–H groups in total. The van der Waals surface area contributed by atoms with Crippen LogP contribution in [0.4, 0.5) is 0 Å². The van der Waals surface area contributed by atoms with Gasteiger partial charge in [0.2, 0.25) is 11.8 Å². The van der Waals surface area contributed by atoms with Crippen molar-refractivity contribution in [1.29, 1.82) is 0 Å². The first-order valence-corrected chi connectivity index (χ1v) is 8.28. The van der Waals surface area contributed by atoms with Gasteiger partial charge >= 0.3 is 0 Å². The fourth-order valence-corrected chi connectivity index (χ4v) is 3.39. The Labute approximate surface area is 128 Å². The van der Waals surface area contributed by atoms with Crippen molar-refractivity contribution in [1.82, 2.24) is 15.1 Å². The summed E-state index contributed by atoms with van der Waals surface area (Å²) in [5, 5.41) is 2.91. The number of piperidine rings is 1. The molecule has 5 nitrogen and oxygen atoms in total. The zero-order valence-corrected chi connectivity index (χ0v) is 13.6. The van der Waals surface area contributed by atoms with Crippen molar-refractivity contribution in [2.24, 2.45) is 11.8 Å². The Morgan fingerprint density at radius 3 is 2.76 bits per heavy atom. The predicted octanol–water partition coefficient (Wildman–Crippen LogP) is 1.09. The minimum absolute atomic E-state index is 0.0110. The summed E-state index contributed by atoms with van der Waals surface area (Å²) in [6.07, 6.45) is 3.72. The lowest BCUT2D eigenvalue weighted by Gasteiger charge is -2.34. The highest BCUT2D eigenvalue weighted by molar-refractivity contribution is 5.90. The first-order chi connectivity index (χ1) is 10.0. The standard InChI is InChI=1S/C16H29N3O2/c1-4-12(2)15-16(21)19(9-7-14(20)17-15)11-13-6-5-8-18(3)10-13/h12-13,15H,4-11H2,1-3H3,(H,17,20). The van der Waals surface area contributed by atoms with Gasteiger partial charge in [0.1, 0.15) is 6.04 Å². The van der Waals surface area contributed by atoms with Gasteiger partial charge in [0.25, 0.3) is 0 Å². The van der Waals surface area contributed by atoms with Crippen LogP contribution in [0.1, 0.15) is 39.5 Å². The Kier molecular flexibility index (Phi) is 5.62. The number of amides is 2. The lowest BCUT2D eigenvalue weighted by molar-refractivity contribution is -0.135. The SMILES string of the molecule is CCC(C)C1NC(=O)CCN(CC2CCCN(C)C2)C1=O. The van der Waals surface area contributed by atoms with Crippen molar-refractivity contribution in [2.45, 2.75) is 45.6 Å². The average molecular weight is 295 g/mol. The summed E-state index contributed by atoms with van der Waals surface area (Å²) in [6, 6.07) is -0.341. The molecule has 3 unspecified atom stereocenters. The van der Waals surface area contributed by atoms with Crippen molar-refractivity contribution in [3.8, 4) is 0 Å². The van der Waals surface area contributed by atoms with Crippen molar-refractivity contribution >= 4 is 11.8 Å². The Morgan fingerprint density at radius 1 is 1.33 bits per heavy atom. The van der Waals surface area contributed by atoms with Crippen LogP contribution in [0.5, 0.6) is 0 Å². The van der Waals surface area contributed by atoms with E-state index in [2.05, 4.69) is 24.2 Å². The topological polar surface area (TPSA) is 52.7 Å². The molecule has 0 bridgehead atoms. The number of hydrogen-bond acceptors (Lipinski definition) is 3. The monoisotopic (exact) mass is 295 g/mol. The van der Waals surface area contributed by atoms with Crippen LogP contribution in [0.2, 0.25) is 0 Å². The maximum atomic E-state index is 12.7. The lowest BCUT2D eigenvalue weighted by atomic mass is 9.95. The van der Waals surface area contributed by atoms with Crippen molar-refractivity contribution < 1.29 is 9.59 Å². The van der Waals surface area contributed by atoms with Crippen LogP contribution < -0.4 is 5.32 Å². The molecule has 0 aromatic carbocycles. The molecular formula is C16H29N3O2. The molecule has 2 amide bonds. The second-order valence-corrected chi connectivity index (χ2v) is 6.74. The Balaban J connectivity index is 2.03. The molecule has 3 atom stereocenters. The van der Waals surface area contributed by atoms with Gasteiger partial charge in [-0.2, -0.15) is 0 Å². The summed E-state index contributed by atoms with van der Waals surface area (Å²) in [6.45, 7) is 7.68. The third-order valence-corrected chi connectivity index (χ3v) is 4.92. The third kappa shape index (κ3) is 4.19. The highest BCUT2D eigenvalue weighted by Crippen LogP contribution is 2.20. The van der Waals surface area contributed by atoms with Gasteiger partial charge in [-0.25, -0.2) is 0 Å². The van der Waals surface area contributed by atoms with Gasteiger partial charge in [-0.15, -0.1) is 0 Å². The van der Waals surface area contributed by atoms with Crippen LogP contribution in [0, 0.1) is 11.8 Å². The quantitative estimate of drug-likeness (QED) is 0.845. The lowest BCUT2D eigenvalue weighted by Crippen LogP contribution is -2.50. The van der Waals surface area contributed by atoms with E-state index in [4.69, 9.17) is 0 Å². The van der Waals surface area contributed by atoms with Crippen LogP contribution >= 0.6 is 0 Å². The number of carbonyl (C=O) groups excluding carboxylic acids is 2. The highest BCUT2D eigenvalue weighted by Gasteiger charge is 2.34. The first kappa shape index (κ1) is 16.3. The van der Waals surface area contributed by atoms with E-state index in [1.807, 2.05) is 11.8 Å². The molecule has 0 radical (unpaired) electrons. The van der Waals surface area contributed by atoms with E-state index >= 15 is 0 Å². The van der Waals surface area contributed by atoms with Gasteiger partial charge < -0.3 is 15.1 Å². The van der Waals surface area contributed by atoms with Gasteiger partial charge in [-0.1, -0.05) is 20.3 Å². The van der Waals surface area contributed by atoms with Crippen LogP contribution in [-0.2, 0) is 9.59 Å². The summed E-state index contributed by atoms with van der Waals surface area (Å²) >= 11 is 0.